The van der Waals surface area contributed by atoms with Crippen LogP contribution in [0.15, 0.2) is 5.38 Å². The summed E-state index contributed by atoms with van der Waals surface area (Å²) in [4.78, 5) is 4.39. The fraction of sp³-hybridized carbons (Fsp3) is 0.625. The maximum Gasteiger partial charge on any atom is 0.0897 e. The van der Waals surface area contributed by atoms with Gasteiger partial charge in [-0.15, -0.1) is 11.3 Å². The molecule has 0 saturated heterocycles. The van der Waals surface area contributed by atoms with Gasteiger partial charge in [-0.25, -0.2) is 4.98 Å². The first-order valence-electron chi connectivity index (χ1n) is 4.12. The Hall–Kier alpha value is -0.100. The summed E-state index contributed by atoms with van der Waals surface area (Å²) in [5.41, 5.74) is 3.94. The second-order valence-electron chi connectivity index (χ2n) is 2.88. The number of hydrogen-bond acceptors (Lipinski definition) is 5. The number of aryl methyl sites for hydroxylation is 1. The lowest BCUT2D eigenvalue weighted by molar-refractivity contribution is 0.570. The van der Waals surface area contributed by atoms with E-state index in [1.165, 1.54) is 0 Å². The van der Waals surface area contributed by atoms with E-state index in [1.807, 2.05) is 6.92 Å². The van der Waals surface area contributed by atoms with Gasteiger partial charge in [-0.2, -0.15) is 11.8 Å². The molecule has 1 heterocycles. The van der Waals surface area contributed by atoms with Gasteiger partial charge in [-0.05, 0) is 13.2 Å². The van der Waals surface area contributed by atoms with Crippen LogP contribution >= 0.6 is 23.1 Å². The molecule has 0 spiro atoms. The molecule has 0 amide bonds. The maximum absolute atomic E-state index is 5.43. The Morgan fingerprint density at radius 2 is 2.54 bits per heavy atom. The third-order valence-electron chi connectivity index (χ3n) is 1.73. The topological polar surface area (TPSA) is 50.9 Å². The molecule has 0 radical (unpaired) electrons. The molecule has 0 aliphatic carbocycles. The number of aromatic nitrogens is 1. The van der Waals surface area contributed by atoms with Crippen molar-refractivity contribution in [1.82, 2.24) is 10.4 Å². The summed E-state index contributed by atoms with van der Waals surface area (Å²) in [6, 6.07) is 0.330. The summed E-state index contributed by atoms with van der Waals surface area (Å²) >= 11 is 3.48. The van der Waals surface area contributed by atoms with Crippen molar-refractivity contribution in [2.24, 2.45) is 5.84 Å². The maximum atomic E-state index is 5.43. The van der Waals surface area contributed by atoms with E-state index in [4.69, 9.17) is 5.84 Å². The van der Waals surface area contributed by atoms with Crippen LogP contribution in [0.4, 0.5) is 0 Å². The molecule has 1 atom stereocenters. The predicted molar refractivity (Wildman–Crippen MR) is 60.0 cm³/mol. The predicted octanol–water partition coefficient (Wildman–Crippen LogP) is 1.19. The van der Waals surface area contributed by atoms with E-state index in [9.17, 15) is 0 Å². The van der Waals surface area contributed by atoms with E-state index in [0.717, 1.165) is 22.9 Å². The number of nitrogens with one attached hydrogen (secondary N) is 1. The fourth-order valence-corrected chi connectivity index (χ4v) is 2.36. The van der Waals surface area contributed by atoms with Crippen LogP contribution in [0.25, 0.3) is 0 Å². The number of thioether (sulfide) groups is 1. The monoisotopic (exact) mass is 217 g/mol. The van der Waals surface area contributed by atoms with E-state index < -0.39 is 0 Å². The largest absolute Gasteiger partial charge is 0.271 e. The minimum Gasteiger partial charge on any atom is -0.271 e. The molecule has 1 aromatic rings. The molecule has 1 rings (SSSR count). The molecule has 0 aromatic carbocycles. The quantitative estimate of drug-likeness (QED) is 0.574. The van der Waals surface area contributed by atoms with Gasteiger partial charge < -0.3 is 0 Å². The highest BCUT2D eigenvalue weighted by atomic mass is 32.2. The van der Waals surface area contributed by atoms with Gasteiger partial charge in [0.05, 0.1) is 10.7 Å². The zero-order valence-electron chi connectivity index (χ0n) is 7.91. The fourth-order valence-electron chi connectivity index (χ4n) is 1.12. The number of hydrogen-bond donors (Lipinski definition) is 2. The van der Waals surface area contributed by atoms with E-state index in [0.29, 0.717) is 6.04 Å². The minimum absolute atomic E-state index is 0.330. The molecule has 0 aliphatic heterocycles. The van der Waals surface area contributed by atoms with Gasteiger partial charge in [-0.1, -0.05) is 0 Å². The standard InChI is InChI=1S/C8H15N3S2/c1-6-10-7(5-13-6)3-8(11-9)4-12-2/h5,8,11H,3-4,9H2,1-2H3. The molecule has 0 aliphatic rings. The molecule has 1 unspecified atom stereocenters. The summed E-state index contributed by atoms with van der Waals surface area (Å²) in [7, 11) is 0. The van der Waals surface area contributed by atoms with Gasteiger partial charge in [0.1, 0.15) is 0 Å². The van der Waals surface area contributed by atoms with Crippen molar-refractivity contribution >= 4 is 23.1 Å². The van der Waals surface area contributed by atoms with Crippen LogP contribution in [0.5, 0.6) is 0 Å². The zero-order chi connectivity index (χ0) is 9.68. The van der Waals surface area contributed by atoms with Crippen LogP contribution in [0.3, 0.4) is 0 Å². The van der Waals surface area contributed by atoms with Crippen LogP contribution in [0.1, 0.15) is 10.7 Å². The van der Waals surface area contributed by atoms with Crippen molar-refractivity contribution < 1.29 is 0 Å². The Labute approximate surface area is 87.1 Å². The van der Waals surface area contributed by atoms with Gasteiger partial charge in [-0.3, -0.25) is 11.3 Å². The van der Waals surface area contributed by atoms with Crippen LogP contribution in [-0.4, -0.2) is 23.0 Å². The Morgan fingerprint density at radius 3 is 3.00 bits per heavy atom. The molecule has 3 nitrogen and oxygen atoms in total. The Balaban J connectivity index is 2.46. The van der Waals surface area contributed by atoms with Crippen molar-refractivity contribution in [2.75, 3.05) is 12.0 Å². The highest BCUT2D eigenvalue weighted by Crippen LogP contribution is 2.11. The number of rotatable bonds is 5. The van der Waals surface area contributed by atoms with E-state index in [1.54, 1.807) is 23.1 Å². The van der Waals surface area contributed by atoms with Crippen molar-refractivity contribution in [3.8, 4) is 0 Å². The molecule has 0 fully saturated rings. The summed E-state index contributed by atoms with van der Waals surface area (Å²) < 4.78 is 0. The summed E-state index contributed by atoms with van der Waals surface area (Å²) in [6.07, 6.45) is 3.00. The van der Waals surface area contributed by atoms with Crippen LogP contribution in [0, 0.1) is 6.92 Å². The van der Waals surface area contributed by atoms with Gasteiger partial charge in [0, 0.05) is 23.6 Å². The molecular formula is C8H15N3S2. The number of nitrogens with zero attached hydrogens (tertiary/aromatic N) is 1. The van der Waals surface area contributed by atoms with Crippen LogP contribution in [0.2, 0.25) is 0 Å². The van der Waals surface area contributed by atoms with Crippen molar-refractivity contribution in [3.05, 3.63) is 16.1 Å². The molecule has 13 heavy (non-hydrogen) atoms. The number of hydrazine groups is 1. The van der Waals surface area contributed by atoms with Crippen molar-refractivity contribution in [1.29, 1.82) is 0 Å². The molecule has 74 valence electrons. The lowest BCUT2D eigenvalue weighted by Gasteiger charge is -2.12. The highest BCUT2D eigenvalue weighted by Gasteiger charge is 2.08. The summed E-state index contributed by atoms with van der Waals surface area (Å²) in [5, 5.41) is 3.22. The highest BCUT2D eigenvalue weighted by molar-refractivity contribution is 7.98. The molecule has 5 heteroatoms. The normalized spacial score (nSPS) is 13.2. The van der Waals surface area contributed by atoms with Gasteiger partial charge >= 0.3 is 0 Å². The number of thiazole rings is 1. The smallest absolute Gasteiger partial charge is 0.0897 e. The average Bonchev–Trinajstić information content (AvgIpc) is 2.50. The third kappa shape index (κ3) is 3.64. The third-order valence-corrected chi connectivity index (χ3v) is 3.28. The lowest BCUT2D eigenvalue weighted by atomic mass is 10.2. The minimum atomic E-state index is 0.330. The first-order chi connectivity index (χ1) is 6.26. The van der Waals surface area contributed by atoms with Crippen LogP contribution < -0.4 is 11.3 Å². The van der Waals surface area contributed by atoms with Crippen LogP contribution in [-0.2, 0) is 6.42 Å². The lowest BCUT2D eigenvalue weighted by Crippen LogP contribution is -2.38. The van der Waals surface area contributed by atoms with Gasteiger partial charge in [0.2, 0.25) is 0 Å². The summed E-state index contributed by atoms with van der Waals surface area (Å²) in [5.74, 6) is 6.45. The first-order valence-corrected chi connectivity index (χ1v) is 6.39. The van der Waals surface area contributed by atoms with E-state index in [-0.39, 0.29) is 0 Å². The van der Waals surface area contributed by atoms with E-state index in [2.05, 4.69) is 22.0 Å². The molecule has 0 saturated carbocycles. The van der Waals surface area contributed by atoms with Crippen molar-refractivity contribution in [2.45, 2.75) is 19.4 Å². The molecule has 0 bridgehead atoms. The zero-order valence-corrected chi connectivity index (χ0v) is 9.54. The number of nitrogens with two attached hydrogens (primary N) is 1. The molecule has 1 aromatic heterocycles. The SMILES string of the molecule is CSCC(Cc1csc(C)n1)NN. The first kappa shape index (κ1) is 11.0. The average molecular weight is 217 g/mol. The van der Waals surface area contributed by atoms with Gasteiger partial charge in [0.25, 0.3) is 0 Å². The van der Waals surface area contributed by atoms with Crippen molar-refractivity contribution in [3.63, 3.8) is 0 Å². The second kappa shape index (κ2) is 5.59. The molecular weight excluding hydrogens is 202 g/mol. The molecule has 3 N–H and O–H groups in total. The Kier molecular flexibility index (Phi) is 4.72. The van der Waals surface area contributed by atoms with E-state index >= 15 is 0 Å². The summed E-state index contributed by atoms with van der Waals surface area (Å²) in [6.45, 7) is 2.02. The Bertz CT molecular complexity index is 249. The second-order valence-corrected chi connectivity index (χ2v) is 4.85. The van der Waals surface area contributed by atoms with Gasteiger partial charge in [0.15, 0.2) is 0 Å². The Morgan fingerprint density at radius 1 is 1.77 bits per heavy atom.